The maximum absolute atomic E-state index is 12.1. The molecule has 1 fully saturated rings. The minimum absolute atomic E-state index is 0.0885. The molecule has 90 valence electrons. The largest absolute Gasteiger partial charge is 0.411 e. The van der Waals surface area contributed by atoms with E-state index >= 15 is 0 Å². The molecule has 0 bridgehead atoms. The lowest BCUT2D eigenvalue weighted by Crippen LogP contribution is -2.39. The van der Waals surface area contributed by atoms with Crippen molar-refractivity contribution in [3.8, 4) is 0 Å². The second-order valence-corrected chi connectivity index (χ2v) is 4.65. The van der Waals surface area contributed by atoms with E-state index in [1.165, 1.54) is 0 Å². The van der Waals surface area contributed by atoms with Crippen LogP contribution in [0.4, 0.5) is 0 Å². The second kappa shape index (κ2) is 5.27. The van der Waals surface area contributed by atoms with Crippen LogP contribution >= 0.6 is 15.9 Å². The van der Waals surface area contributed by atoms with Crippen molar-refractivity contribution in [2.45, 2.75) is 12.8 Å². The Balaban J connectivity index is 2.10. The Kier molecular flexibility index (Phi) is 3.73. The average Bonchev–Trinajstić information content (AvgIpc) is 2.39. The zero-order valence-electron chi connectivity index (χ0n) is 9.14. The first-order chi connectivity index (χ1) is 8.22. The summed E-state index contributed by atoms with van der Waals surface area (Å²) in [4.78, 5) is 17.9. The maximum atomic E-state index is 12.1. The Morgan fingerprint density at radius 2 is 2.18 bits per heavy atom. The highest BCUT2D eigenvalue weighted by atomic mass is 79.9. The fourth-order valence-electron chi connectivity index (χ4n) is 1.76. The number of oxime groups is 1. The standard InChI is InChI=1S/C11H12BrN3O2/c12-9-2-1-5-13-10(9)11(16)15-6-3-8(14-17)4-7-15/h1-2,5,17H,3-4,6-7H2. The van der Waals surface area contributed by atoms with Gasteiger partial charge in [-0.05, 0) is 28.1 Å². The summed E-state index contributed by atoms with van der Waals surface area (Å²) >= 11 is 3.32. The van der Waals surface area contributed by atoms with E-state index < -0.39 is 0 Å². The van der Waals surface area contributed by atoms with Gasteiger partial charge in [-0.25, -0.2) is 4.98 Å². The van der Waals surface area contributed by atoms with Crippen molar-refractivity contribution in [3.05, 3.63) is 28.5 Å². The molecule has 0 aromatic carbocycles. The predicted molar refractivity (Wildman–Crippen MR) is 66.3 cm³/mol. The van der Waals surface area contributed by atoms with Crippen molar-refractivity contribution in [1.82, 2.24) is 9.88 Å². The zero-order valence-corrected chi connectivity index (χ0v) is 10.7. The predicted octanol–water partition coefficient (Wildman–Crippen LogP) is 1.91. The molecule has 5 nitrogen and oxygen atoms in total. The highest BCUT2D eigenvalue weighted by Crippen LogP contribution is 2.17. The number of rotatable bonds is 1. The number of carbonyl (C=O) groups is 1. The number of carbonyl (C=O) groups excluding carboxylic acids is 1. The van der Waals surface area contributed by atoms with Crippen LogP contribution in [0, 0.1) is 0 Å². The molecule has 1 aromatic rings. The number of nitrogens with zero attached hydrogens (tertiary/aromatic N) is 3. The topological polar surface area (TPSA) is 65.8 Å². The molecule has 1 aliphatic rings. The number of halogens is 1. The Hall–Kier alpha value is -1.43. The summed E-state index contributed by atoms with van der Waals surface area (Å²) < 4.78 is 0.701. The number of piperidine rings is 1. The molecule has 1 aromatic heterocycles. The summed E-state index contributed by atoms with van der Waals surface area (Å²) in [5.41, 5.74) is 1.17. The van der Waals surface area contributed by atoms with Crippen LogP contribution in [0.15, 0.2) is 28.0 Å². The Labute approximate surface area is 107 Å². The number of likely N-dealkylation sites (tertiary alicyclic amines) is 1. The molecule has 1 N–H and O–H groups in total. The molecule has 2 heterocycles. The van der Waals surface area contributed by atoms with E-state index in [1.54, 1.807) is 23.2 Å². The number of amides is 1. The first-order valence-corrected chi connectivity index (χ1v) is 6.11. The third-order valence-electron chi connectivity index (χ3n) is 2.73. The lowest BCUT2D eigenvalue weighted by Gasteiger charge is -2.27. The Morgan fingerprint density at radius 1 is 1.47 bits per heavy atom. The van der Waals surface area contributed by atoms with Gasteiger partial charge in [-0.15, -0.1) is 0 Å². The molecule has 0 saturated carbocycles. The number of aromatic nitrogens is 1. The minimum Gasteiger partial charge on any atom is -0.411 e. The summed E-state index contributed by atoms with van der Waals surface area (Å²) in [6.45, 7) is 1.14. The molecule has 0 spiro atoms. The highest BCUT2D eigenvalue weighted by Gasteiger charge is 2.23. The van der Waals surface area contributed by atoms with Gasteiger partial charge in [0, 0.05) is 36.6 Å². The third kappa shape index (κ3) is 2.63. The third-order valence-corrected chi connectivity index (χ3v) is 3.37. The fourth-order valence-corrected chi connectivity index (χ4v) is 2.19. The van der Waals surface area contributed by atoms with Crippen LogP contribution in [-0.2, 0) is 0 Å². The highest BCUT2D eigenvalue weighted by molar-refractivity contribution is 9.10. The van der Waals surface area contributed by atoms with Gasteiger partial charge in [-0.3, -0.25) is 4.79 Å². The summed E-state index contributed by atoms with van der Waals surface area (Å²) in [6, 6.07) is 3.57. The quantitative estimate of drug-likeness (QED) is 0.636. The van der Waals surface area contributed by atoms with Crippen LogP contribution in [-0.4, -0.2) is 39.8 Å². The van der Waals surface area contributed by atoms with Crippen molar-refractivity contribution >= 4 is 27.5 Å². The van der Waals surface area contributed by atoms with Gasteiger partial charge in [-0.2, -0.15) is 0 Å². The van der Waals surface area contributed by atoms with Gasteiger partial charge in [0.2, 0.25) is 0 Å². The minimum atomic E-state index is -0.0885. The van der Waals surface area contributed by atoms with Crippen molar-refractivity contribution in [2.75, 3.05) is 13.1 Å². The molecular formula is C11H12BrN3O2. The van der Waals surface area contributed by atoms with Gasteiger partial charge in [0.1, 0.15) is 5.69 Å². The second-order valence-electron chi connectivity index (χ2n) is 3.79. The molecule has 0 atom stereocenters. The fraction of sp³-hybridized carbons (Fsp3) is 0.364. The van der Waals surface area contributed by atoms with Gasteiger partial charge in [0.05, 0.1) is 5.71 Å². The first kappa shape index (κ1) is 12.0. The number of pyridine rings is 1. The lowest BCUT2D eigenvalue weighted by molar-refractivity contribution is 0.0747. The zero-order chi connectivity index (χ0) is 12.3. The molecule has 1 saturated heterocycles. The van der Waals surface area contributed by atoms with Crippen LogP contribution in [0.25, 0.3) is 0 Å². The molecule has 1 aliphatic heterocycles. The van der Waals surface area contributed by atoms with E-state index in [1.807, 2.05) is 0 Å². The van der Waals surface area contributed by atoms with Gasteiger partial charge in [-0.1, -0.05) is 5.16 Å². The van der Waals surface area contributed by atoms with Gasteiger partial charge < -0.3 is 10.1 Å². The summed E-state index contributed by atoms with van der Waals surface area (Å²) in [5.74, 6) is -0.0885. The molecule has 6 heteroatoms. The van der Waals surface area contributed by atoms with Crippen molar-refractivity contribution in [1.29, 1.82) is 0 Å². The smallest absolute Gasteiger partial charge is 0.273 e. The molecule has 1 amide bonds. The van der Waals surface area contributed by atoms with Crippen LogP contribution in [0.3, 0.4) is 0 Å². The normalized spacial score (nSPS) is 15.8. The van der Waals surface area contributed by atoms with Crippen LogP contribution < -0.4 is 0 Å². The molecule has 0 aliphatic carbocycles. The Morgan fingerprint density at radius 3 is 2.76 bits per heavy atom. The van der Waals surface area contributed by atoms with Crippen LogP contribution in [0.2, 0.25) is 0 Å². The summed E-state index contributed by atoms with van der Waals surface area (Å²) in [7, 11) is 0. The number of hydrogen-bond acceptors (Lipinski definition) is 4. The molecule has 17 heavy (non-hydrogen) atoms. The first-order valence-electron chi connectivity index (χ1n) is 5.32. The van der Waals surface area contributed by atoms with Crippen LogP contribution in [0.5, 0.6) is 0 Å². The summed E-state index contributed by atoms with van der Waals surface area (Å²) in [6.07, 6.45) is 2.84. The average molecular weight is 298 g/mol. The SMILES string of the molecule is O=C(c1ncccc1Br)N1CCC(=NO)CC1. The van der Waals surface area contributed by atoms with E-state index in [0.29, 0.717) is 36.1 Å². The Bertz CT molecular complexity index is 452. The van der Waals surface area contributed by atoms with Gasteiger partial charge >= 0.3 is 0 Å². The van der Waals surface area contributed by atoms with E-state index in [4.69, 9.17) is 5.21 Å². The summed E-state index contributed by atoms with van der Waals surface area (Å²) in [5, 5.41) is 11.8. The molecule has 2 rings (SSSR count). The monoisotopic (exact) mass is 297 g/mol. The maximum Gasteiger partial charge on any atom is 0.273 e. The van der Waals surface area contributed by atoms with E-state index in [2.05, 4.69) is 26.1 Å². The van der Waals surface area contributed by atoms with Crippen LogP contribution in [0.1, 0.15) is 23.3 Å². The molecule has 0 unspecified atom stereocenters. The lowest BCUT2D eigenvalue weighted by atomic mass is 10.1. The van der Waals surface area contributed by atoms with Crippen molar-refractivity contribution in [2.24, 2.45) is 5.16 Å². The molecule has 0 radical (unpaired) electrons. The van der Waals surface area contributed by atoms with Crippen molar-refractivity contribution < 1.29 is 10.0 Å². The number of hydrogen-bond donors (Lipinski definition) is 1. The van der Waals surface area contributed by atoms with Gasteiger partial charge in [0.15, 0.2) is 0 Å². The van der Waals surface area contributed by atoms with Gasteiger partial charge in [0.25, 0.3) is 5.91 Å². The van der Waals surface area contributed by atoms with E-state index in [-0.39, 0.29) is 5.91 Å². The molecular weight excluding hydrogens is 286 g/mol. The van der Waals surface area contributed by atoms with E-state index in [9.17, 15) is 4.79 Å². The van der Waals surface area contributed by atoms with E-state index in [0.717, 1.165) is 5.71 Å². The van der Waals surface area contributed by atoms with Crippen molar-refractivity contribution in [3.63, 3.8) is 0 Å².